The minimum absolute atomic E-state index is 0.0403. The summed E-state index contributed by atoms with van der Waals surface area (Å²) in [6, 6.07) is 10.2. The second-order valence-electron chi connectivity index (χ2n) is 5.26. The monoisotopic (exact) mass is 304 g/mol. The van der Waals surface area contributed by atoms with Crippen molar-refractivity contribution in [3.63, 3.8) is 0 Å². The fourth-order valence-electron chi connectivity index (χ4n) is 2.17. The van der Waals surface area contributed by atoms with Gasteiger partial charge in [0.1, 0.15) is 11.6 Å². The smallest absolute Gasteiger partial charge is 0.315 e. The maximum absolute atomic E-state index is 13.4. The first-order valence-electron chi connectivity index (χ1n) is 7.45. The Hall–Kier alpha value is -2.30. The summed E-state index contributed by atoms with van der Waals surface area (Å²) in [7, 11) is 0. The molecule has 118 valence electrons. The molecule has 1 aromatic heterocycles. The van der Waals surface area contributed by atoms with Crippen LogP contribution in [0.2, 0.25) is 0 Å². The van der Waals surface area contributed by atoms with Crippen LogP contribution in [0, 0.1) is 5.82 Å². The van der Waals surface area contributed by atoms with E-state index in [-0.39, 0.29) is 17.9 Å². The summed E-state index contributed by atoms with van der Waals surface area (Å²) in [4.78, 5) is 11.8. The summed E-state index contributed by atoms with van der Waals surface area (Å²) in [5.74, 6) is 0.671. The van der Waals surface area contributed by atoms with Crippen molar-refractivity contribution < 1.29 is 13.6 Å². The highest BCUT2D eigenvalue weighted by Gasteiger charge is 2.08. The lowest BCUT2D eigenvalue weighted by molar-refractivity contribution is 0.237. The quantitative estimate of drug-likeness (QED) is 0.825. The third-order valence-corrected chi connectivity index (χ3v) is 3.42. The minimum Gasteiger partial charge on any atom is -0.469 e. The van der Waals surface area contributed by atoms with E-state index in [0.717, 1.165) is 18.6 Å². The normalized spacial score (nSPS) is 11.9. The highest BCUT2D eigenvalue weighted by Crippen LogP contribution is 2.07. The van der Waals surface area contributed by atoms with Crippen molar-refractivity contribution in [2.75, 3.05) is 6.54 Å². The SMILES string of the molecule is C[C@H](CCc1ccco1)NC(=O)NCCc1ccccc1F. The van der Waals surface area contributed by atoms with Crippen molar-refractivity contribution in [1.82, 2.24) is 10.6 Å². The molecule has 1 atom stereocenters. The standard InChI is InChI=1S/C17H21FN2O2/c1-13(8-9-15-6-4-12-22-15)20-17(21)19-11-10-14-5-2-3-7-16(14)18/h2-7,12-13H,8-11H2,1H3,(H2,19,20,21)/t13-/m1/s1. The number of nitrogens with one attached hydrogen (secondary N) is 2. The van der Waals surface area contributed by atoms with Gasteiger partial charge in [-0.05, 0) is 43.5 Å². The molecular formula is C17H21FN2O2. The summed E-state index contributed by atoms with van der Waals surface area (Å²) in [5.41, 5.74) is 0.605. The lowest BCUT2D eigenvalue weighted by Crippen LogP contribution is -2.41. The molecule has 0 saturated heterocycles. The van der Waals surface area contributed by atoms with E-state index < -0.39 is 0 Å². The zero-order valence-electron chi connectivity index (χ0n) is 12.6. The fourth-order valence-corrected chi connectivity index (χ4v) is 2.17. The summed E-state index contributed by atoms with van der Waals surface area (Å²) >= 11 is 0. The number of aryl methyl sites for hydroxylation is 1. The molecule has 5 heteroatoms. The van der Waals surface area contributed by atoms with Crippen molar-refractivity contribution in [2.45, 2.75) is 32.2 Å². The molecular weight excluding hydrogens is 283 g/mol. The third-order valence-electron chi connectivity index (χ3n) is 3.42. The predicted molar refractivity (Wildman–Crippen MR) is 83.1 cm³/mol. The lowest BCUT2D eigenvalue weighted by Gasteiger charge is -2.14. The molecule has 1 heterocycles. The molecule has 0 bridgehead atoms. The zero-order chi connectivity index (χ0) is 15.8. The van der Waals surface area contributed by atoms with Crippen LogP contribution in [-0.2, 0) is 12.8 Å². The number of furan rings is 1. The van der Waals surface area contributed by atoms with Crippen molar-refractivity contribution >= 4 is 6.03 Å². The first kappa shape index (κ1) is 16.1. The molecule has 0 aliphatic carbocycles. The van der Waals surface area contributed by atoms with Gasteiger partial charge in [-0.15, -0.1) is 0 Å². The zero-order valence-corrected chi connectivity index (χ0v) is 12.6. The third kappa shape index (κ3) is 5.24. The molecule has 1 aromatic carbocycles. The molecule has 0 radical (unpaired) electrons. The van der Waals surface area contributed by atoms with Gasteiger partial charge in [0, 0.05) is 19.0 Å². The average molecular weight is 304 g/mol. The molecule has 2 N–H and O–H groups in total. The summed E-state index contributed by atoms with van der Waals surface area (Å²) < 4.78 is 18.7. The van der Waals surface area contributed by atoms with E-state index in [1.165, 1.54) is 6.07 Å². The second kappa shape index (κ2) is 8.22. The molecule has 0 aliphatic heterocycles. The van der Waals surface area contributed by atoms with Gasteiger partial charge < -0.3 is 15.1 Å². The van der Waals surface area contributed by atoms with Crippen molar-refractivity contribution in [3.8, 4) is 0 Å². The molecule has 0 aliphatic rings. The Kier molecular flexibility index (Phi) is 6.01. The van der Waals surface area contributed by atoms with Gasteiger partial charge in [0.05, 0.1) is 6.26 Å². The van der Waals surface area contributed by atoms with Gasteiger partial charge >= 0.3 is 6.03 Å². The number of carbonyl (C=O) groups is 1. The van der Waals surface area contributed by atoms with Gasteiger partial charge in [0.15, 0.2) is 0 Å². The van der Waals surface area contributed by atoms with Gasteiger partial charge in [-0.2, -0.15) is 0 Å². The maximum atomic E-state index is 13.4. The number of halogens is 1. The minimum atomic E-state index is -0.239. The molecule has 2 amide bonds. The Morgan fingerprint density at radius 1 is 1.23 bits per heavy atom. The average Bonchev–Trinajstić information content (AvgIpc) is 3.00. The topological polar surface area (TPSA) is 54.3 Å². The van der Waals surface area contributed by atoms with Crippen molar-refractivity contribution in [2.24, 2.45) is 0 Å². The van der Waals surface area contributed by atoms with Gasteiger partial charge in [-0.3, -0.25) is 0 Å². The van der Waals surface area contributed by atoms with Gasteiger partial charge in [-0.1, -0.05) is 18.2 Å². The first-order valence-corrected chi connectivity index (χ1v) is 7.45. The largest absolute Gasteiger partial charge is 0.469 e. The van der Waals surface area contributed by atoms with Gasteiger partial charge in [-0.25, -0.2) is 9.18 Å². The number of amides is 2. The van der Waals surface area contributed by atoms with Crippen molar-refractivity contribution in [1.29, 1.82) is 0 Å². The molecule has 0 saturated carbocycles. The number of hydrogen-bond acceptors (Lipinski definition) is 2. The second-order valence-corrected chi connectivity index (χ2v) is 5.26. The van der Waals surface area contributed by atoms with E-state index in [0.29, 0.717) is 18.5 Å². The van der Waals surface area contributed by atoms with Crippen LogP contribution in [0.15, 0.2) is 47.1 Å². The number of rotatable bonds is 7. The van der Waals surface area contributed by atoms with E-state index in [1.807, 2.05) is 19.1 Å². The van der Waals surface area contributed by atoms with Crippen LogP contribution < -0.4 is 10.6 Å². The van der Waals surface area contributed by atoms with Crippen molar-refractivity contribution in [3.05, 3.63) is 59.8 Å². The number of carbonyl (C=O) groups excluding carboxylic acids is 1. The van der Waals surface area contributed by atoms with Crippen LogP contribution in [0.1, 0.15) is 24.7 Å². The number of urea groups is 1. The van der Waals surface area contributed by atoms with Crippen LogP contribution >= 0.6 is 0 Å². The highest BCUT2D eigenvalue weighted by atomic mass is 19.1. The van der Waals surface area contributed by atoms with E-state index >= 15 is 0 Å². The molecule has 4 nitrogen and oxygen atoms in total. The summed E-state index contributed by atoms with van der Waals surface area (Å²) in [5, 5.41) is 5.60. The Balaban J connectivity index is 1.64. The van der Waals surface area contributed by atoms with E-state index in [4.69, 9.17) is 4.42 Å². The Bertz CT molecular complexity index is 584. The van der Waals surface area contributed by atoms with Crippen LogP contribution in [0.4, 0.5) is 9.18 Å². The molecule has 0 fully saturated rings. The van der Waals surface area contributed by atoms with Crippen LogP contribution in [0.5, 0.6) is 0 Å². The predicted octanol–water partition coefficient (Wildman–Crippen LogP) is 3.28. The molecule has 2 aromatic rings. The van der Waals surface area contributed by atoms with Crippen LogP contribution in [-0.4, -0.2) is 18.6 Å². The van der Waals surface area contributed by atoms with Crippen LogP contribution in [0.3, 0.4) is 0 Å². The van der Waals surface area contributed by atoms with E-state index in [9.17, 15) is 9.18 Å². The fraction of sp³-hybridized carbons (Fsp3) is 0.353. The molecule has 0 unspecified atom stereocenters. The maximum Gasteiger partial charge on any atom is 0.315 e. The van der Waals surface area contributed by atoms with Gasteiger partial charge in [0.25, 0.3) is 0 Å². The summed E-state index contributed by atoms with van der Waals surface area (Å²) in [6.45, 7) is 2.34. The Morgan fingerprint density at radius 2 is 2.05 bits per heavy atom. The lowest BCUT2D eigenvalue weighted by atomic mass is 10.1. The highest BCUT2D eigenvalue weighted by molar-refractivity contribution is 5.74. The number of hydrogen-bond donors (Lipinski definition) is 2. The molecule has 22 heavy (non-hydrogen) atoms. The Labute approximate surface area is 129 Å². The summed E-state index contributed by atoms with van der Waals surface area (Å²) in [6.07, 6.45) is 3.70. The Morgan fingerprint density at radius 3 is 2.77 bits per heavy atom. The van der Waals surface area contributed by atoms with E-state index in [2.05, 4.69) is 10.6 Å². The molecule has 0 spiro atoms. The first-order chi connectivity index (χ1) is 10.6. The van der Waals surface area contributed by atoms with Gasteiger partial charge in [0.2, 0.25) is 0 Å². The number of benzene rings is 1. The van der Waals surface area contributed by atoms with E-state index in [1.54, 1.807) is 24.5 Å². The molecule has 2 rings (SSSR count). The van der Waals surface area contributed by atoms with Crippen LogP contribution in [0.25, 0.3) is 0 Å².